The van der Waals surface area contributed by atoms with Crippen molar-refractivity contribution in [2.75, 3.05) is 0 Å². The summed E-state index contributed by atoms with van der Waals surface area (Å²) in [6.07, 6.45) is 1.78. The van der Waals surface area contributed by atoms with Gasteiger partial charge in [-0.15, -0.1) is 0 Å². The van der Waals surface area contributed by atoms with Crippen LogP contribution in [0.4, 0.5) is 0 Å². The Morgan fingerprint density at radius 3 is 2.14 bits per heavy atom. The van der Waals surface area contributed by atoms with E-state index in [1.54, 1.807) is 18.3 Å². The monoisotopic (exact) mass is 439 g/mol. The second-order valence-corrected chi connectivity index (χ2v) is 20.8. The Balaban J connectivity index is 2.29. The Labute approximate surface area is 176 Å². The highest BCUT2D eigenvalue weighted by molar-refractivity contribution is 7.98. The summed E-state index contributed by atoms with van der Waals surface area (Å²) < 4.78 is 28.3. The molecule has 0 spiro atoms. The minimum absolute atomic E-state index is 0.376. The molecule has 0 unspecified atom stereocenters. The minimum Gasteiger partial charge on any atom is -0.256 e. The first kappa shape index (κ1) is 21.7. The molecule has 0 aliphatic rings. The molecular weight excluding hydrogens is 410 g/mol. The zero-order chi connectivity index (χ0) is 21.4. The van der Waals surface area contributed by atoms with Gasteiger partial charge in [0.25, 0.3) is 0 Å². The maximum atomic E-state index is 13.8. The van der Waals surface area contributed by atoms with Crippen LogP contribution in [-0.4, -0.2) is 29.5 Å². The molecule has 0 saturated carbocycles. The molecule has 1 heterocycles. The summed E-state index contributed by atoms with van der Waals surface area (Å²) in [4.78, 5) is 4.99. The second-order valence-electron chi connectivity index (χ2n) is 9.20. The first-order valence-electron chi connectivity index (χ1n) is 9.82. The summed E-state index contributed by atoms with van der Waals surface area (Å²) in [6, 6.07) is 17.3. The number of rotatable bonds is 5. The highest BCUT2D eigenvalue weighted by Gasteiger charge is 2.40. The Morgan fingerprint density at radius 2 is 1.52 bits per heavy atom. The number of para-hydroxylation sites is 1. The van der Waals surface area contributed by atoms with Crippen LogP contribution in [0.1, 0.15) is 5.56 Å². The zero-order valence-corrected chi connectivity index (χ0v) is 20.8. The minimum atomic E-state index is -3.60. The van der Waals surface area contributed by atoms with Crippen molar-refractivity contribution < 1.29 is 8.42 Å². The quantitative estimate of drug-likeness (QED) is 0.511. The predicted molar refractivity (Wildman–Crippen MR) is 129 cm³/mol. The van der Waals surface area contributed by atoms with Crippen LogP contribution in [0.5, 0.6) is 0 Å². The van der Waals surface area contributed by atoms with Gasteiger partial charge >= 0.3 is 0 Å². The van der Waals surface area contributed by atoms with Crippen molar-refractivity contribution in [1.82, 2.24) is 4.98 Å². The average Bonchev–Trinajstić information content (AvgIpc) is 2.65. The lowest BCUT2D eigenvalue weighted by molar-refractivity contribution is 0.603. The van der Waals surface area contributed by atoms with Crippen molar-refractivity contribution in [2.24, 2.45) is 0 Å². The summed E-state index contributed by atoms with van der Waals surface area (Å²) >= 11 is 0. The Hall–Kier alpha value is -2.03. The fourth-order valence-electron chi connectivity index (χ4n) is 3.57. The molecule has 6 heteroatoms. The van der Waals surface area contributed by atoms with E-state index in [9.17, 15) is 8.42 Å². The number of aryl methyl sites for hydroxylation is 1. The van der Waals surface area contributed by atoms with E-state index in [0.29, 0.717) is 9.42 Å². The molecule has 0 aliphatic carbocycles. The summed E-state index contributed by atoms with van der Waals surface area (Å²) in [6.45, 7) is 12.8. The largest absolute Gasteiger partial charge is 0.256 e. The summed E-state index contributed by atoms with van der Waals surface area (Å²) in [5.74, 6) is 0. The van der Waals surface area contributed by atoms with Crippen molar-refractivity contribution in [3.63, 3.8) is 0 Å². The Bertz CT molecular complexity index is 1170. The molecule has 0 radical (unpaired) electrons. The number of aromatic nitrogens is 1. The highest BCUT2D eigenvalue weighted by Crippen LogP contribution is 2.31. The lowest BCUT2D eigenvalue weighted by atomic mass is 10.2. The topological polar surface area (TPSA) is 47.0 Å². The third-order valence-electron chi connectivity index (χ3n) is 5.11. The Kier molecular flexibility index (Phi) is 5.73. The molecule has 1 aromatic heterocycles. The first-order chi connectivity index (χ1) is 13.4. The third kappa shape index (κ3) is 4.44. The summed E-state index contributed by atoms with van der Waals surface area (Å²) in [5, 5.41) is 2.11. The zero-order valence-electron chi connectivity index (χ0n) is 18.0. The van der Waals surface area contributed by atoms with E-state index < -0.39 is 26.0 Å². The lowest BCUT2D eigenvalue weighted by Gasteiger charge is -2.29. The maximum Gasteiger partial charge on any atom is 0.198 e. The molecule has 0 aliphatic heterocycles. The fraction of sp³-hybridized carbons (Fsp3) is 0.261. The maximum absolute atomic E-state index is 13.8. The van der Waals surface area contributed by atoms with Crippen molar-refractivity contribution in [3.05, 3.63) is 76.6 Å². The normalized spacial score (nSPS) is 13.7. The van der Waals surface area contributed by atoms with Gasteiger partial charge in [0, 0.05) is 16.1 Å². The lowest BCUT2D eigenvalue weighted by Crippen LogP contribution is -2.48. The molecule has 3 aromatic rings. The van der Waals surface area contributed by atoms with Gasteiger partial charge in [-0.2, -0.15) is 0 Å². The van der Waals surface area contributed by atoms with Gasteiger partial charge in [-0.25, -0.2) is 8.42 Å². The number of fused-ring (bicyclic) bond motifs is 1. The molecule has 0 amide bonds. The molecule has 2 aromatic carbocycles. The standard InChI is InChI=1S/C23H29NO2SSi2/c1-18-12-14-20(15-13-18)27(25,26)22(17-28(2,3)4)29(5,6)21-11-7-9-19-10-8-16-24-23(19)21/h7-17H,1-6H3/b22-17+. The van der Waals surface area contributed by atoms with Gasteiger partial charge in [0.2, 0.25) is 0 Å². The molecule has 0 bridgehead atoms. The van der Waals surface area contributed by atoms with Crippen LogP contribution in [-0.2, 0) is 9.84 Å². The van der Waals surface area contributed by atoms with E-state index in [1.807, 2.05) is 43.3 Å². The number of hydrogen-bond acceptors (Lipinski definition) is 3. The number of sulfone groups is 1. The van der Waals surface area contributed by atoms with Crippen molar-refractivity contribution in [3.8, 4) is 0 Å². The van der Waals surface area contributed by atoms with Gasteiger partial charge in [0.15, 0.2) is 9.84 Å². The van der Waals surface area contributed by atoms with E-state index in [1.165, 1.54) is 0 Å². The smallest absolute Gasteiger partial charge is 0.198 e. The summed E-state index contributed by atoms with van der Waals surface area (Å²) in [7, 11) is -7.98. The first-order valence-corrected chi connectivity index (χ1v) is 17.9. The fourth-order valence-corrected chi connectivity index (χ4v) is 14.5. The molecule has 0 saturated heterocycles. The van der Waals surface area contributed by atoms with Gasteiger partial charge < -0.3 is 0 Å². The van der Waals surface area contributed by atoms with Crippen LogP contribution in [0.3, 0.4) is 0 Å². The molecule has 3 rings (SSSR count). The molecule has 0 fully saturated rings. The Morgan fingerprint density at radius 1 is 0.897 bits per heavy atom. The van der Waals surface area contributed by atoms with E-state index in [2.05, 4.69) is 49.5 Å². The van der Waals surface area contributed by atoms with E-state index in [4.69, 9.17) is 0 Å². The third-order valence-corrected chi connectivity index (χ3v) is 13.8. The van der Waals surface area contributed by atoms with Crippen molar-refractivity contribution >= 4 is 42.1 Å². The van der Waals surface area contributed by atoms with Gasteiger partial charge in [0.1, 0.15) is 8.07 Å². The SMILES string of the molecule is Cc1ccc(S(=O)(=O)/C(=C\[Si](C)(C)C)[Si](C)(C)c2cccc3cccnc23)cc1. The average molecular weight is 440 g/mol. The van der Waals surface area contributed by atoms with Crippen LogP contribution >= 0.6 is 0 Å². The molecule has 0 atom stereocenters. The number of benzene rings is 2. The van der Waals surface area contributed by atoms with Crippen LogP contribution in [0.15, 0.2) is 75.9 Å². The summed E-state index contributed by atoms with van der Waals surface area (Å²) in [5.41, 5.74) is 4.05. The molecule has 29 heavy (non-hydrogen) atoms. The van der Waals surface area contributed by atoms with Gasteiger partial charge in [0.05, 0.1) is 18.5 Å². The molecular formula is C23H29NO2SSi2. The number of hydrogen-bond donors (Lipinski definition) is 0. The number of nitrogens with zero attached hydrogens (tertiary/aromatic N) is 1. The predicted octanol–water partition coefficient (Wildman–Crippen LogP) is 5.23. The molecule has 3 nitrogen and oxygen atoms in total. The molecule has 152 valence electrons. The van der Waals surface area contributed by atoms with E-state index in [-0.39, 0.29) is 0 Å². The van der Waals surface area contributed by atoms with E-state index in [0.717, 1.165) is 21.7 Å². The number of pyridine rings is 1. The second kappa shape index (κ2) is 7.66. The van der Waals surface area contributed by atoms with Gasteiger partial charge in [-0.05, 0) is 30.3 Å². The van der Waals surface area contributed by atoms with Crippen LogP contribution in [0, 0.1) is 6.92 Å². The van der Waals surface area contributed by atoms with Gasteiger partial charge in [-0.1, -0.05) is 80.4 Å². The van der Waals surface area contributed by atoms with Crippen LogP contribution in [0.25, 0.3) is 10.9 Å². The van der Waals surface area contributed by atoms with Crippen LogP contribution in [0.2, 0.25) is 32.7 Å². The van der Waals surface area contributed by atoms with E-state index >= 15 is 0 Å². The van der Waals surface area contributed by atoms with Crippen molar-refractivity contribution in [2.45, 2.75) is 44.6 Å². The highest BCUT2D eigenvalue weighted by atomic mass is 32.2. The van der Waals surface area contributed by atoms with Crippen LogP contribution < -0.4 is 5.19 Å². The van der Waals surface area contributed by atoms with Gasteiger partial charge in [-0.3, -0.25) is 4.98 Å². The molecule has 0 N–H and O–H groups in total. The van der Waals surface area contributed by atoms with Crippen molar-refractivity contribution in [1.29, 1.82) is 0 Å².